The van der Waals surface area contributed by atoms with Crippen LogP contribution in [0, 0.1) is 0 Å². The number of carbonyl (C=O) groups excluding carboxylic acids is 1. The molecule has 0 radical (unpaired) electrons. The van der Waals surface area contributed by atoms with Gasteiger partial charge in [0.25, 0.3) is 15.9 Å². The predicted molar refractivity (Wildman–Crippen MR) is 121 cm³/mol. The summed E-state index contributed by atoms with van der Waals surface area (Å²) in [6.07, 6.45) is 0. The van der Waals surface area contributed by atoms with Crippen LogP contribution in [0.15, 0.2) is 82.1 Å². The molecule has 0 spiro atoms. The number of benzene rings is 3. The molecule has 0 saturated heterocycles. The number of rotatable bonds is 8. The van der Waals surface area contributed by atoms with Gasteiger partial charge in [0.2, 0.25) is 5.96 Å². The first-order valence-corrected chi connectivity index (χ1v) is 10.8. The van der Waals surface area contributed by atoms with Crippen LogP contribution in [0.5, 0.6) is 11.5 Å². The van der Waals surface area contributed by atoms with Crippen molar-refractivity contribution < 1.29 is 22.7 Å². The van der Waals surface area contributed by atoms with Gasteiger partial charge < -0.3 is 26.3 Å². The fourth-order valence-electron chi connectivity index (χ4n) is 2.75. The molecule has 0 aliphatic carbocycles. The molecule has 32 heavy (non-hydrogen) atoms. The minimum absolute atomic E-state index is 0.0958. The molecule has 0 atom stereocenters. The molecule has 10 heteroatoms. The average molecular weight is 455 g/mol. The fourth-order valence-corrected chi connectivity index (χ4v) is 3.61. The second kappa shape index (κ2) is 9.84. The number of nitrogens with zero attached hydrogens (tertiary/aromatic N) is 1. The zero-order valence-electron chi connectivity index (χ0n) is 17.2. The maximum atomic E-state index is 12.6. The minimum Gasteiger partial charge on any atom is -0.497 e. The van der Waals surface area contributed by atoms with Crippen LogP contribution in [0.2, 0.25) is 0 Å². The SMILES string of the molecule is COc1ccc(OCc2cccc(C(=O)Nc3ccc(S(=O)(=O)N=C(N)N)cc3)c2)cc1. The molecule has 1 amide bonds. The smallest absolute Gasteiger partial charge is 0.285 e. The number of nitrogens with one attached hydrogen (secondary N) is 1. The van der Waals surface area contributed by atoms with E-state index in [9.17, 15) is 13.2 Å². The predicted octanol–water partition coefficient (Wildman–Crippen LogP) is 2.49. The monoisotopic (exact) mass is 454 g/mol. The van der Waals surface area contributed by atoms with E-state index >= 15 is 0 Å². The highest BCUT2D eigenvalue weighted by Crippen LogP contribution is 2.19. The maximum Gasteiger partial charge on any atom is 0.285 e. The van der Waals surface area contributed by atoms with Gasteiger partial charge >= 0.3 is 0 Å². The lowest BCUT2D eigenvalue weighted by Gasteiger charge is -2.09. The Kier molecular flexibility index (Phi) is 6.96. The van der Waals surface area contributed by atoms with Gasteiger partial charge in [-0.25, -0.2) is 0 Å². The zero-order valence-corrected chi connectivity index (χ0v) is 18.0. The van der Waals surface area contributed by atoms with E-state index in [1.165, 1.54) is 24.3 Å². The highest BCUT2D eigenvalue weighted by atomic mass is 32.2. The van der Waals surface area contributed by atoms with Crippen LogP contribution in [0.3, 0.4) is 0 Å². The third kappa shape index (κ3) is 5.99. The van der Waals surface area contributed by atoms with Crippen molar-refractivity contribution in [3.05, 3.63) is 83.9 Å². The number of nitrogens with two attached hydrogens (primary N) is 2. The minimum atomic E-state index is -3.99. The molecule has 0 aromatic heterocycles. The van der Waals surface area contributed by atoms with Crippen molar-refractivity contribution in [1.29, 1.82) is 0 Å². The molecule has 0 unspecified atom stereocenters. The van der Waals surface area contributed by atoms with Crippen LogP contribution in [0.4, 0.5) is 5.69 Å². The summed E-state index contributed by atoms with van der Waals surface area (Å²) >= 11 is 0. The highest BCUT2D eigenvalue weighted by Gasteiger charge is 2.14. The number of anilines is 1. The van der Waals surface area contributed by atoms with Crippen LogP contribution in [-0.2, 0) is 16.6 Å². The first-order chi connectivity index (χ1) is 15.3. The summed E-state index contributed by atoms with van der Waals surface area (Å²) in [4.78, 5) is 12.5. The normalized spacial score (nSPS) is 10.8. The Morgan fingerprint density at radius 1 is 0.969 bits per heavy atom. The Morgan fingerprint density at radius 3 is 2.25 bits per heavy atom. The molecule has 0 fully saturated rings. The first-order valence-electron chi connectivity index (χ1n) is 9.40. The van der Waals surface area contributed by atoms with Gasteiger partial charge in [0.1, 0.15) is 18.1 Å². The largest absolute Gasteiger partial charge is 0.497 e. The molecular weight excluding hydrogens is 432 g/mol. The van der Waals surface area contributed by atoms with Crippen LogP contribution in [-0.4, -0.2) is 27.4 Å². The maximum absolute atomic E-state index is 12.6. The number of hydrogen-bond donors (Lipinski definition) is 3. The number of amides is 1. The van der Waals surface area contributed by atoms with Gasteiger partial charge in [0.05, 0.1) is 12.0 Å². The molecular formula is C22H22N4O5S. The van der Waals surface area contributed by atoms with Crippen molar-refractivity contribution in [3.8, 4) is 11.5 Å². The van der Waals surface area contributed by atoms with Crippen molar-refractivity contribution in [2.75, 3.05) is 12.4 Å². The zero-order chi connectivity index (χ0) is 23.1. The van der Waals surface area contributed by atoms with E-state index < -0.39 is 16.0 Å². The summed E-state index contributed by atoms with van der Waals surface area (Å²) in [5.74, 6) is 0.503. The first kappa shape index (κ1) is 22.6. The van der Waals surface area contributed by atoms with Crippen molar-refractivity contribution >= 4 is 27.6 Å². The van der Waals surface area contributed by atoms with Gasteiger partial charge in [-0.05, 0) is 66.2 Å². The molecule has 0 saturated carbocycles. The van der Waals surface area contributed by atoms with Crippen LogP contribution < -0.4 is 26.3 Å². The summed E-state index contributed by atoms with van der Waals surface area (Å²) < 4.78 is 38.0. The summed E-state index contributed by atoms with van der Waals surface area (Å²) in [7, 11) is -2.40. The van der Waals surface area contributed by atoms with E-state index in [1.54, 1.807) is 49.6 Å². The standard InChI is InChI=1S/C22H22N4O5S/c1-30-18-7-9-19(10-8-18)31-14-15-3-2-4-16(13-15)21(27)25-17-5-11-20(12-6-17)32(28,29)26-22(23)24/h2-13H,14H2,1H3,(H,25,27)(H4,23,24,26). The van der Waals surface area contributed by atoms with Crippen LogP contribution in [0.1, 0.15) is 15.9 Å². The van der Waals surface area contributed by atoms with Crippen LogP contribution in [0.25, 0.3) is 0 Å². The van der Waals surface area contributed by atoms with Crippen molar-refractivity contribution in [1.82, 2.24) is 0 Å². The third-order valence-electron chi connectivity index (χ3n) is 4.29. The van der Waals surface area contributed by atoms with E-state index in [2.05, 4.69) is 9.71 Å². The molecule has 0 bridgehead atoms. The topological polar surface area (TPSA) is 146 Å². The van der Waals surface area contributed by atoms with Crippen molar-refractivity contribution in [2.24, 2.45) is 15.9 Å². The average Bonchev–Trinajstić information content (AvgIpc) is 2.78. The second-order valence-electron chi connectivity index (χ2n) is 6.63. The molecule has 0 aliphatic heterocycles. The lowest BCUT2D eigenvalue weighted by molar-refractivity contribution is 0.102. The third-order valence-corrected chi connectivity index (χ3v) is 5.61. The van der Waals surface area contributed by atoms with E-state index in [-0.39, 0.29) is 17.4 Å². The molecule has 166 valence electrons. The highest BCUT2D eigenvalue weighted by molar-refractivity contribution is 7.90. The number of sulfonamides is 1. The van der Waals surface area contributed by atoms with Gasteiger partial charge in [-0.2, -0.15) is 8.42 Å². The number of hydrogen-bond acceptors (Lipinski definition) is 5. The van der Waals surface area contributed by atoms with Crippen LogP contribution >= 0.6 is 0 Å². The molecule has 3 aromatic carbocycles. The Bertz CT molecular complexity index is 1220. The Labute approximate surface area is 185 Å². The Morgan fingerprint density at radius 2 is 1.62 bits per heavy atom. The van der Waals surface area contributed by atoms with Gasteiger partial charge in [-0.1, -0.05) is 12.1 Å². The van der Waals surface area contributed by atoms with Crippen molar-refractivity contribution in [3.63, 3.8) is 0 Å². The molecule has 0 aliphatic rings. The second-order valence-corrected chi connectivity index (χ2v) is 8.24. The van der Waals surface area contributed by atoms with Gasteiger partial charge in [0, 0.05) is 11.3 Å². The van der Waals surface area contributed by atoms with E-state index in [1.807, 2.05) is 6.07 Å². The Hall–Kier alpha value is -4.05. The number of methoxy groups -OCH3 is 1. The molecule has 3 aromatic rings. The fraction of sp³-hybridized carbons (Fsp3) is 0.0909. The van der Waals surface area contributed by atoms with Gasteiger partial charge in [-0.3, -0.25) is 4.79 Å². The number of guanidine groups is 1. The molecule has 9 nitrogen and oxygen atoms in total. The van der Waals surface area contributed by atoms with Gasteiger partial charge in [0.15, 0.2) is 0 Å². The summed E-state index contributed by atoms with van der Waals surface area (Å²) in [6.45, 7) is 0.283. The lowest BCUT2D eigenvalue weighted by Crippen LogP contribution is -2.24. The lowest BCUT2D eigenvalue weighted by atomic mass is 10.1. The van der Waals surface area contributed by atoms with E-state index in [0.29, 0.717) is 17.0 Å². The van der Waals surface area contributed by atoms with Crippen molar-refractivity contribution in [2.45, 2.75) is 11.5 Å². The van der Waals surface area contributed by atoms with Gasteiger partial charge in [-0.15, -0.1) is 4.40 Å². The van der Waals surface area contributed by atoms with E-state index in [4.69, 9.17) is 20.9 Å². The molecule has 3 rings (SSSR count). The number of ether oxygens (including phenoxy) is 2. The molecule has 0 heterocycles. The summed E-state index contributed by atoms with van der Waals surface area (Å²) in [5.41, 5.74) is 11.9. The van der Waals surface area contributed by atoms with E-state index in [0.717, 1.165) is 11.3 Å². The quantitative estimate of drug-likeness (QED) is 0.350. The molecule has 5 N–H and O–H groups in total. The summed E-state index contributed by atoms with van der Waals surface area (Å²) in [5, 5.41) is 2.72. The Balaban J connectivity index is 1.64. The number of carbonyl (C=O) groups is 1. The summed E-state index contributed by atoms with van der Waals surface area (Å²) in [6, 6.07) is 19.7.